The molecule has 2 aromatic carbocycles. The lowest BCUT2D eigenvalue weighted by Crippen LogP contribution is -2.35. The zero-order valence-corrected chi connectivity index (χ0v) is 16.5. The van der Waals surface area contributed by atoms with E-state index in [1.54, 1.807) is 36.4 Å². The number of amides is 2. The van der Waals surface area contributed by atoms with Crippen LogP contribution in [0.2, 0.25) is 0 Å². The molecule has 1 N–H and O–H groups in total. The van der Waals surface area contributed by atoms with Crippen molar-refractivity contribution >= 4 is 29.2 Å². The molecule has 2 amide bonds. The second-order valence-corrected chi connectivity index (χ2v) is 6.50. The van der Waals surface area contributed by atoms with Crippen LogP contribution in [0.5, 0.6) is 0 Å². The maximum absolute atomic E-state index is 12.5. The summed E-state index contributed by atoms with van der Waals surface area (Å²) in [4.78, 5) is 37.1. The Bertz CT molecular complexity index is 899. The number of esters is 1. The highest BCUT2D eigenvalue weighted by Gasteiger charge is 2.17. The number of benzene rings is 2. The number of aryl methyl sites for hydroxylation is 1. The van der Waals surface area contributed by atoms with Crippen LogP contribution in [0, 0.1) is 18.3 Å². The first-order valence-electron chi connectivity index (χ1n) is 9.15. The minimum absolute atomic E-state index is 0.0103. The van der Waals surface area contributed by atoms with Crippen molar-refractivity contribution in [3.8, 4) is 6.07 Å². The Balaban J connectivity index is 1.92. The Labute approximate surface area is 169 Å². The van der Waals surface area contributed by atoms with Gasteiger partial charge in [0.05, 0.1) is 18.9 Å². The van der Waals surface area contributed by atoms with Gasteiger partial charge in [-0.05, 0) is 36.8 Å². The highest BCUT2D eigenvalue weighted by molar-refractivity contribution is 5.95. The van der Waals surface area contributed by atoms with Gasteiger partial charge in [-0.25, -0.2) is 0 Å². The third-order valence-corrected chi connectivity index (χ3v) is 4.07. The van der Waals surface area contributed by atoms with E-state index in [2.05, 4.69) is 5.32 Å². The minimum atomic E-state index is -0.533. The molecule has 7 nitrogen and oxygen atoms in total. The molecule has 0 heterocycles. The number of ether oxygens (including phenoxy) is 1. The molecule has 0 atom stereocenters. The molecule has 0 saturated carbocycles. The topological polar surface area (TPSA) is 99.5 Å². The van der Waals surface area contributed by atoms with Gasteiger partial charge in [-0.2, -0.15) is 5.26 Å². The third kappa shape index (κ3) is 7.11. The average Bonchev–Trinajstić information content (AvgIpc) is 2.69. The summed E-state index contributed by atoms with van der Waals surface area (Å²) < 4.78 is 5.13. The predicted octanol–water partition coefficient (Wildman–Crippen LogP) is 2.99. The maximum atomic E-state index is 12.5. The van der Waals surface area contributed by atoms with E-state index < -0.39 is 18.5 Å². The van der Waals surface area contributed by atoms with E-state index in [0.29, 0.717) is 16.9 Å². The van der Waals surface area contributed by atoms with E-state index in [-0.39, 0.29) is 25.3 Å². The predicted molar refractivity (Wildman–Crippen MR) is 109 cm³/mol. The summed E-state index contributed by atoms with van der Waals surface area (Å²) >= 11 is 0. The molecular formula is C22H23N3O4. The highest BCUT2D eigenvalue weighted by atomic mass is 16.5. The largest absolute Gasteiger partial charge is 0.455 e. The number of nitrogens with one attached hydrogen (secondary N) is 1. The van der Waals surface area contributed by atoms with Crippen LogP contribution in [0.4, 0.5) is 11.4 Å². The van der Waals surface area contributed by atoms with Gasteiger partial charge >= 0.3 is 5.97 Å². The summed E-state index contributed by atoms with van der Waals surface area (Å²) in [6.45, 7) is 3.18. The first-order valence-corrected chi connectivity index (χ1v) is 9.15. The van der Waals surface area contributed by atoms with E-state index >= 15 is 0 Å². The van der Waals surface area contributed by atoms with Gasteiger partial charge in [0.2, 0.25) is 5.91 Å². The summed E-state index contributed by atoms with van der Waals surface area (Å²) in [5, 5.41) is 11.5. The molecule has 0 bridgehead atoms. The van der Waals surface area contributed by atoms with Crippen LogP contribution in [-0.2, 0) is 25.5 Å². The minimum Gasteiger partial charge on any atom is -0.455 e. The van der Waals surface area contributed by atoms with E-state index in [4.69, 9.17) is 10.00 Å². The van der Waals surface area contributed by atoms with E-state index in [1.165, 1.54) is 11.8 Å². The quantitative estimate of drug-likeness (QED) is 0.695. The molecule has 0 aliphatic rings. The number of rotatable bonds is 8. The van der Waals surface area contributed by atoms with Crippen molar-refractivity contribution in [2.45, 2.75) is 26.7 Å². The molecule has 0 aliphatic carbocycles. The van der Waals surface area contributed by atoms with Crippen molar-refractivity contribution in [1.82, 2.24) is 0 Å². The van der Waals surface area contributed by atoms with Crippen molar-refractivity contribution in [2.24, 2.45) is 0 Å². The normalized spacial score (nSPS) is 9.97. The van der Waals surface area contributed by atoms with Crippen LogP contribution in [0.15, 0.2) is 48.5 Å². The molecule has 0 aromatic heterocycles. The Morgan fingerprint density at radius 3 is 2.31 bits per heavy atom. The number of hydrogen-bond donors (Lipinski definition) is 1. The van der Waals surface area contributed by atoms with Crippen molar-refractivity contribution in [1.29, 1.82) is 5.26 Å². The van der Waals surface area contributed by atoms with Crippen molar-refractivity contribution in [3.05, 3.63) is 59.7 Å². The molecule has 0 fully saturated rings. The molecular weight excluding hydrogens is 370 g/mol. The first kappa shape index (κ1) is 21.6. The molecule has 0 saturated heterocycles. The zero-order valence-electron chi connectivity index (χ0n) is 16.5. The fourth-order valence-electron chi connectivity index (χ4n) is 2.63. The summed E-state index contributed by atoms with van der Waals surface area (Å²) in [6, 6.07) is 16.2. The molecule has 0 aliphatic heterocycles. The molecule has 150 valence electrons. The summed E-state index contributed by atoms with van der Waals surface area (Å²) in [6.07, 6.45) is 0.185. The summed E-state index contributed by atoms with van der Waals surface area (Å²) in [7, 11) is 0. The standard InChI is InChI=1S/C22H23N3O4/c1-16-4-10-20(11-5-16)25(13-3-12-23)21(27)15-29-22(28)14-18-6-8-19(9-7-18)24-17(2)26/h4-11H,3,13-15H2,1-2H3,(H,24,26). The fourth-order valence-corrected chi connectivity index (χ4v) is 2.63. The van der Waals surface area contributed by atoms with Crippen molar-refractivity contribution < 1.29 is 19.1 Å². The van der Waals surface area contributed by atoms with Gasteiger partial charge in [0.25, 0.3) is 5.91 Å². The van der Waals surface area contributed by atoms with Gasteiger partial charge in [0.1, 0.15) is 0 Å². The van der Waals surface area contributed by atoms with E-state index in [0.717, 1.165) is 5.56 Å². The summed E-state index contributed by atoms with van der Waals surface area (Å²) in [5.74, 6) is -1.10. The fraction of sp³-hybridized carbons (Fsp3) is 0.273. The molecule has 0 radical (unpaired) electrons. The molecule has 7 heteroatoms. The molecule has 0 unspecified atom stereocenters. The number of carbonyl (C=O) groups excluding carboxylic acids is 3. The molecule has 2 rings (SSSR count). The van der Waals surface area contributed by atoms with Gasteiger partial charge in [0, 0.05) is 24.8 Å². The molecule has 2 aromatic rings. The van der Waals surface area contributed by atoms with Crippen LogP contribution in [0.3, 0.4) is 0 Å². The number of nitriles is 1. The number of nitrogens with zero attached hydrogens (tertiary/aromatic N) is 2. The van der Waals surface area contributed by atoms with Crippen molar-refractivity contribution in [2.75, 3.05) is 23.4 Å². The second-order valence-electron chi connectivity index (χ2n) is 6.50. The van der Waals surface area contributed by atoms with Gasteiger partial charge in [-0.3, -0.25) is 14.4 Å². The van der Waals surface area contributed by atoms with Gasteiger partial charge in [-0.1, -0.05) is 29.8 Å². The lowest BCUT2D eigenvalue weighted by Gasteiger charge is -2.21. The van der Waals surface area contributed by atoms with E-state index in [9.17, 15) is 14.4 Å². The first-order chi connectivity index (χ1) is 13.9. The average molecular weight is 393 g/mol. The Hall–Kier alpha value is -3.66. The smallest absolute Gasteiger partial charge is 0.310 e. The molecule has 0 spiro atoms. The van der Waals surface area contributed by atoms with Crippen LogP contribution < -0.4 is 10.2 Å². The van der Waals surface area contributed by atoms with Crippen molar-refractivity contribution in [3.63, 3.8) is 0 Å². The maximum Gasteiger partial charge on any atom is 0.310 e. The van der Waals surface area contributed by atoms with E-state index in [1.807, 2.05) is 25.1 Å². The third-order valence-electron chi connectivity index (χ3n) is 4.07. The van der Waals surface area contributed by atoms with Crippen LogP contribution in [0.25, 0.3) is 0 Å². The van der Waals surface area contributed by atoms with Crippen LogP contribution in [-0.4, -0.2) is 30.9 Å². The lowest BCUT2D eigenvalue weighted by atomic mass is 10.1. The van der Waals surface area contributed by atoms with Gasteiger partial charge in [0.15, 0.2) is 6.61 Å². The lowest BCUT2D eigenvalue weighted by molar-refractivity contribution is -0.147. The summed E-state index contributed by atoms with van der Waals surface area (Å²) in [5.41, 5.74) is 3.05. The van der Waals surface area contributed by atoms with Gasteiger partial charge < -0.3 is 15.0 Å². The zero-order chi connectivity index (χ0) is 21.2. The number of carbonyl (C=O) groups is 3. The van der Waals surface area contributed by atoms with Crippen LogP contribution in [0.1, 0.15) is 24.5 Å². The highest BCUT2D eigenvalue weighted by Crippen LogP contribution is 2.16. The molecule has 29 heavy (non-hydrogen) atoms. The number of hydrogen-bond acceptors (Lipinski definition) is 5. The second kappa shape index (κ2) is 10.6. The Kier molecular flexibility index (Phi) is 7.92. The Morgan fingerprint density at radius 1 is 1.07 bits per heavy atom. The SMILES string of the molecule is CC(=O)Nc1ccc(CC(=O)OCC(=O)N(CCC#N)c2ccc(C)cc2)cc1. The monoisotopic (exact) mass is 393 g/mol. The van der Waals surface area contributed by atoms with Crippen LogP contribution >= 0.6 is 0 Å². The number of anilines is 2. The Morgan fingerprint density at radius 2 is 1.72 bits per heavy atom. The van der Waals surface area contributed by atoms with Gasteiger partial charge in [-0.15, -0.1) is 0 Å².